The summed E-state index contributed by atoms with van der Waals surface area (Å²) in [5.41, 5.74) is 4.33. The second-order valence-electron chi connectivity index (χ2n) is 8.40. The molecule has 4 heteroatoms. The van der Waals surface area contributed by atoms with Crippen LogP contribution in [0.5, 0.6) is 0 Å². The van der Waals surface area contributed by atoms with E-state index in [1.54, 1.807) is 0 Å². The van der Waals surface area contributed by atoms with Gasteiger partial charge in [-0.05, 0) is 44.2 Å². The van der Waals surface area contributed by atoms with E-state index >= 15 is 0 Å². The number of aliphatic imine (C=N–C) groups is 1. The van der Waals surface area contributed by atoms with Crippen LogP contribution in [0.15, 0.2) is 76.9 Å². The molecule has 0 saturated carbocycles. The van der Waals surface area contributed by atoms with E-state index in [2.05, 4.69) is 12.1 Å². The van der Waals surface area contributed by atoms with Crippen LogP contribution in [0.3, 0.4) is 0 Å². The van der Waals surface area contributed by atoms with E-state index in [0.29, 0.717) is 18.4 Å². The highest BCUT2D eigenvalue weighted by Gasteiger charge is 2.44. The minimum Gasteiger partial charge on any atom is -0.462 e. The van der Waals surface area contributed by atoms with Crippen LogP contribution in [0.4, 0.5) is 0 Å². The molecular formula is C26H27NO3. The fourth-order valence-electron chi connectivity index (χ4n) is 4.65. The minimum atomic E-state index is -0.578. The van der Waals surface area contributed by atoms with E-state index in [0.717, 1.165) is 22.5 Å². The Bertz CT molecular complexity index is 1010. The average molecular weight is 402 g/mol. The zero-order valence-electron chi connectivity index (χ0n) is 17.7. The highest BCUT2D eigenvalue weighted by molar-refractivity contribution is 6.09. The van der Waals surface area contributed by atoms with Crippen molar-refractivity contribution in [2.75, 3.05) is 0 Å². The van der Waals surface area contributed by atoms with Gasteiger partial charge >= 0.3 is 5.97 Å². The molecule has 1 unspecified atom stereocenters. The summed E-state index contributed by atoms with van der Waals surface area (Å²) < 4.78 is 5.56. The van der Waals surface area contributed by atoms with Gasteiger partial charge in [-0.3, -0.25) is 14.6 Å². The third-order valence-electron chi connectivity index (χ3n) is 5.92. The monoisotopic (exact) mass is 401 g/mol. The molecule has 30 heavy (non-hydrogen) atoms. The number of allylic oxidation sites excluding steroid dienone is 2. The first-order chi connectivity index (χ1) is 14.5. The average Bonchev–Trinajstić information content (AvgIpc) is 2.73. The molecule has 3 atom stereocenters. The lowest BCUT2D eigenvalue weighted by Crippen LogP contribution is -2.38. The van der Waals surface area contributed by atoms with Crippen LogP contribution in [0, 0.1) is 5.92 Å². The molecule has 2 aromatic rings. The van der Waals surface area contributed by atoms with Crippen LogP contribution in [0.2, 0.25) is 0 Å². The van der Waals surface area contributed by atoms with Crippen molar-refractivity contribution in [3.05, 3.63) is 83.1 Å². The van der Waals surface area contributed by atoms with Crippen LogP contribution in [0.25, 0.3) is 0 Å². The van der Waals surface area contributed by atoms with Crippen molar-refractivity contribution in [1.29, 1.82) is 0 Å². The van der Waals surface area contributed by atoms with E-state index in [-0.39, 0.29) is 29.7 Å². The quantitative estimate of drug-likeness (QED) is 0.661. The first-order valence-electron chi connectivity index (χ1n) is 10.6. The van der Waals surface area contributed by atoms with Gasteiger partial charge in [-0.1, -0.05) is 60.7 Å². The lowest BCUT2D eigenvalue weighted by atomic mass is 9.69. The zero-order chi connectivity index (χ0) is 21.3. The van der Waals surface area contributed by atoms with Gasteiger partial charge in [0.25, 0.3) is 0 Å². The number of ether oxygens (including phenoxy) is 1. The van der Waals surface area contributed by atoms with Crippen LogP contribution < -0.4 is 0 Å². The summed E-state index contributed by atoms with van der Waals surface area (Å²) in [4.78, 5) is 31.2. The molecule has 0 fully saturated rings. The highest BCUT2D eigenvalue weighted by Crippen LogP contribution is 2.46. The molecule has 0 spiro atoms. The van der Waals surface area contributed by atoms with Gasteiger partial charge in [0.2, 0.25) is 0 Å². The Kier molecular flexibility index (Phi) is 5.67. The largest absolute Gasteiger partial charge is 0.462 e. The number of benzene rings is 2. The van der Waals surface area contributed by atoms with Crippen molar-refractivity contribution in [2.45, 2.75) is 51.6 Å². The van der Waals surface area contributed by atoms with Crippen LogP contribution >= 0.6 is 0 Å². The number of carbonyl (C=O) groups is 2. The van der Waals surface area contributed by atoms with E-state index in [1.807, 2.05) is 69.3 Å². The molecule has 0 saturated heterocycles. The topological polar surface area (TPSA) is 55.7 Å². The molecule has 154 valence electrons. The van der Waals surface area contributed by atoms with Crippen molar-refractivity contribution in [1.82, 2.24) is 0 Å². The van der Waals surface area contributed by atoms with Crippen molar-refractivity contribution in [3.8, 4) is 0 Å². The fourth-order valence-corrected chi connectivity index (χ4v) is 4.65. The number of Topliss-reactive ketones (excluding diaryl/α,β-unsaturated/α-hetero) is 1. The summed E-state index contributed by atoms with van der Waals surface area (Å²) in [7, 11) is 0. The first kappa shape index (κ1) is 20.3. The zero-order valence-corrected chi connectivity index (χ0v) is 17.7. The van der Waals surface area contributed by atoms with Gasteiger partial charge in [0.05, 0.1) is 6.10 Å². The molecule has 0 bridgehead atoms. The van der Waals surface area contributed by atoms with E-state index in [1.165, 1.54) is 0 Å². The SMILES string of the molecule is CC1=NC2=C(C(=O)C[C@H](c3ccccc3)C2)[C@H](c2ccccc2)C1C(=O)OC(C)C. The Morgan fingerprint density at radius 2 is 1.57 bits per heavy atom. The number of carbonyl (C=O) groups excluding carboxylic acids is 2. The molecule has 0 amide bonds. The lowest BCUT2D eigenvalue weighted by molar-refractivity contribution is -0.150. The number of hydrogen-bond donors (Lipinski definition) is 0. The number of rotatable bonds is 4. The van der Waals surface area contributed by atoms with Crippen molar-refractivity contribution >= 4 is 17.5 Å². The maximum Gasteiger partial charge on any atom is 0.315 e. The number of ketones is 1. The van der Waals surface area contributed by atoms with Crippen LogP contribution in [-0.4, -0.2) is 23.6 Å². The van der Waals surface area contributed by atoms with Crippen molar-refractivity contribution < 1.29 is 14.3 Å². The first-order valence-corrected chi connectivity index (χ1v) is 10.6. The van der Waals surface area contributed by atoms with Gasteiger partial charge < -0.3 is 4.74 Å². The molecule has 1 aliphatic heterocycles. The minimum absolute atomic E-state index is 0.0811. The standard InChI is InChI=1S/C26H27NO3/c1-16(2)30-26(29)23-17(3)27-21-14-20(18-10-6-4-7-11-18)15-22(28)25(21)24(23)19-12-8-5-9-13-19/h4-13,16,20,23-24H,14-15H2,1-3H3/t20-,23?,24-/m1/s1. The van der Waals surface area contributed by atoms with Crippen LogP contribution in [-0.2, 0) is 14.3 Å². The number of hydrogen-bond acceptors (Lipinski definition) is 4. The van der Waals surface area contributed by atoms with E-state index in [9.17, 15) is 9.59 Å². The van der Waals surface area contributed by atoms with Gasteiger partial charge in [-0.15, -0.1) is 0 Å². The predicted molar refractivity (Wildman–Crippen MR) is 117 cm³/mol. The smallest absolute Gasteiger partial charge is 0.315 e. The Morgan fingerprint density at radius 3 is 2.17 bits per heavy atom. The molecule has 2 aliphatic rings. The maximum absolute atomic E-state index is 13.4. The molecule has 1 aliphatic carbocycles. The highest BCUT2D eigenvalue weighted by atomic mass is 16.5. The van der Waals surface area contributed by atoms with Gasteiger partial charge in [0.15, 0.2) is 5.78 Å². The fraction of sp³-hybridized carbons (Fsp3) is 0.346. The molecule has 0 radical (unpaired) electrons. The van der Waals surface area contributed by atoms with Crippen LogP contribution in [0.1, 0.15) is 56.6 Å². The lowest BCUT2D eigenvalue weighted by Gasteiger charge is -2.36. The summed E-state index contributed by atoms with van der Waals surface area (Å²) >= 11 is 0. The Morgan fingerprint density at radius 1 is 0.967 bits per heavy atom. The molecule has 0 N–H and O–H groups in total. The van der Waals surface area contributed by atoms with Gasteiger partial charge in [0, 0.05) is 29.3 Å². The van der Waals surface area contributed by atoms with E-state index < -0.39 is 5.92 Å². The second-order valence-corrected chi connectivity index (χ2v) is 8.40. The summed E-state index contributed by atoms with van der Waals surface area (Å²) in [6.07, 6.45) is 0.923. The third kappa shape index (κ3) is 3.87. The Hall–Kier alpha value is -3.01. The maximum atomic E-state index is 13.4. The molecular weight excluding hydrogens is 374 g/mol. The summed E-state index contributed by atoms with van der Waals surface area (Å²) in [6.45, 7) is 5.56. The van der Waals surface area contributed by atoms with Gasteiger partial charge in [-0.2, -0.15) is 0 Å². The molecule has 1 heterocycles. The third-order valence-corrected chi connectivity index (χ3v) is 5.92. The van der Waals surface area contributed by atoms with E-state index in [4.69, 9.17) is 9.73 Å². The number of esters is 1. The second kappa shape index (κ2) is 8.39. The summed E-state index contributed by atoms with van der Waals surface area (Å²) in [6, 6.07) is 19.9. The Balaban J connectivity index is 1.78. The number of nitrogens with zero attached hydrogens (tertiary/aromatic N) is 1. The summed E-state index contributed by atoms with van der Waals surface area (Å²) in [5, 5.41) is 0. The molecule has 4 nitrogen and oxygen atoms in total. The van der Waals surface area contributed by atoms with Crippen molar-refractivity contribution in [3.63, 3.8) is 0 Å². The normalized spacial score (nSPS) is 23.8. The Labute approximate surface area is 177 Å². The molecule has 2 aromatic carbocycles. The van der Waals surface area contributed by atoms with Gasteiger partial charge in [0.1, 0.15) is 5.92 Å². The van der Waals surface area contributed by atoms with Gasteiger partial charge in [-0.25, -0.2) is 0 Å². The molecule has 0 aromatic heterocycles. The summed E-state index contributed by atoms with van der Waals surface area (Å²) in [5.74, 6) is -1.05. The predicted octanol–water partition coefficient (Wildman–Crippen LogP) is 5.21. The molecule has 4 rings (SSSR count). The van der Waals surface area contributed by atoms with Crippen molar-refractivity contribution in [2.24, 2.45) is 10.9 Å².